The highest BCUT2D eigenvalue weighted by molar-refractivity contribution is 8.02. The summed E-state index contributed by atoms with van der Waals surface area (Å²) in [5.74, 6) is -2.76. The van der Waals surface area contributed by atoms with Crippen molar-refractivity contribution in [2.24, 2.45) is 0 Å². The molecule has 0 saturated carbocycles. The van der Waals surface area contributed by atoms with Gasteiger partial charge in [-0.05, 0) is 31.2 Å². The predicted molar refractivity (Wildman–Crippen MR) is 102 cm³/mol. The minimum atomic E-state index is -5.12. The van der Waals surface area contributed by atoms with Gasteiger partial charge in [0.25, 0.3) is 11.5 Å². The van der Waals surface area contributed by atoms with Gasteiger partial charge >= 0.3 is 12.1 Å². The molecule has 0 aliphatic heterocycles. The summed E-state index contributed by atoms with van der Waals surface area (Å²) in [6.45, 7) is 1.29. The first kappa shape index (κ1) is 22.2. The lowest BCUT2D eigenvalue weighted by Crippen LogP contribution is -2.61. The lowest BCUT2D eigenvalue weighted by molar-refractivity contribution is -0.255. The summed E-state index contributed by atoms with van der Waals surface area (Å²) in [5.41, 5.74) is 2.83. The second kappa shape index (κ2) is 8.08. The number of amides is 1. The van der Waals surface area contributed by atoms with Crippen LogP contribution in [0.25, 0.3) is 0 Å². The van der Waals surface area contributed by atoms with E-state index in [0.29, 0.717) is 17.5 Å². The largest absolute Gasteiger partial charge is 0.440 e. The SMILES string of the molecule is CC(=O)O[C@](C)(C(=O)NC1C=CC=CC1(Cl)Sc1ccc(N)cc1)C(F)(F)F. The summed E-state index contributed by atoms with van der Waals surface area (Å²) in [6, 6.07) is 5.70. The number of hydrogen-bond donors (Lipinski definition) is 2. The third-order valence-electron chi connectivity index (χ3n) is 3.93. The number of nitrogen functional groups attached to an aromatic ring is 1. The van der Waals surface area contributed by atoms with E-state index in [1.807, 2.05) is 0 Å². The van der Waals surface area contributed by atoms with Gasteiger partial charge in [0.05, 0.1) is 6.04 Å². The lowest BCUT2D eigenvalue weighted by atomic mass is 10.0. The summed E-state index contributed by atoms with van der Waals surface area (Å²) in [4.78, 5) is 24.3. The smallest absolute Gasteiger partial charge is 0.437 e. The molecule has 0 saturated heterocycles. The Balaban J connectivity index is 2.27. The molecule has 28 heavy (non-hydrogen) atoms. The minimum absolute atomic E-state index is 0.495. The quantitative estimate of drug-likeness (QED) is 0.418. The molecule has 5 nitrogen and oxygen atoms in total. The van der Waals surface area contributed by atoms with E-state index >= 15 is 0 Å². The molecule has 3 atom stereocenters. The molecule has 0 fully saturated rings. The van der Waals surface area contributed by atoms with Crippen molar-refractivity contribution in [2.75, 3.05) is 5.73 Å². The van der Waals surface area contributed by atoms with Crippen LogP contribution in [-0.4, -0.2) is 33.9 Å². The number of hydrogen-bond acceptors (Lipinski definition) is 5. The predicted octanol–water partition coefficient (Wildman–Crippen LogP) is 3.79. The molecule has 1 aromatic rings. The number of nitrogens with one attached hydrogen (secondary N) is 1. The second-order valence-corrected chi connectivity index (χ2v) is 8.39. The molecule has 2 rings (SSSR count). The Bertz CT molecular complexity index is 813. The Kier molecular flexibility index (Phi) is 6.40. The molecular formula is C18H18ClF3N2O3S. The van der Waals surface area contributed by atoms with Gasteiger partial charge in [0.2, 0.25) is 0 Å². The van der Waals surface area contributed by atoms with Crippen LogP contribution in [0.4, 0.5) is 18.9 Å². The lowest BCUT2D eigenvalue weighted by Gasteiger charge is -2.36. The molecule has 0 spiro atoms. The van der Waals surface area contributed by atoms with Gasteiger partial charge in [0.15, 0.2) is 0 Å². The third-order valence-corrected chi connectivity index (χ3v) is 5.73. The first-order chi connectivity index (χ1) is 12.9. The Morgan fingerprint density at radius 3 is 2.39 bits per heavy atom. The van der Waals surface area contributed by atoms with Crippen LogP contribution in [0.1, 0.15) is 13.8 Å². The first-order valence-electron chi connectivity index (χ1n) is 8.04. The van der Waals surface area contributed by atoms with Crippen molar-refractivity contribution in [1.82, 2.24) is 5.32 Å². The van der Waals surface area contributed by atoms with Crippen molar-refractivity contribution >= 4 is 40.9 Å². The maximum absolute atomic E-state index is 13.4. The van der Waals surface area contributed by atoms with Crippen LogP contribution in [0, 0.1) is 0 Å². The van der Waals surface area contributed by atoms with Gasteiger partial charge in [0.1, 0.15) is 4.21 Å². The van der Waals surface area contributed by atoms with Crippen LogP contribution in [-0.2, 0) is 14.3 Å². The number of esters is 1. The molecule has 3 N–H and O–H groups in total. The molecule has 1 aliphatic rings. The number of anilines is 1. The number of allylic oxidation sites excluding steroid dienone is 2. The average Bonchev–Trinajstić information content (AvgIpc) is 2.57. The Morgan fingerprint density at radius 2 is 1.86 bits per heavy atom. The zero-order chi connectivity index (χ0) is 21.2. The zero-order valence-electron chi connectivity index (χ0n) is 14.9. The van der Waals surface area contributed by atoms with Gasteiger partial charge in [-0.15, -0.1) is 0 Å². The fourth-order valence-electron chi connectivity index (χ4n) is 2.36. The molecule has 10 heteroatoms. The summed E-state index contributed by atoms with van der Waals surface area (Å²) in [5, 5.41) is 2.24. The third kappa shape index (κ3) is 4.82. The highest BCUT2D eigenvalue weighted by atomic mass is 35.5. The van der Waals surface area contributed by atoms with Crippen LogP contribution < -0.4 is 11.1 Å². The van der Waals surface area contributed by atoms with E-state index in [0.717, 1.165) is 18.7 Å². The van der Waals surface area contributed by atoms with E-state index in [-0.39, 0.29) is 0 Å². The normalized spacial score (nSPS) is 23.7. The number of rotatable bonds is 5. The summed E-state index contributed by atoms with van der Waals surface area (Å²) >= 11 is 7.75. The van der Waals surface area contributed by atoms with E-state index in [4.69, 9.17) is 17.3 Å². The van der Waals surface area contributed by atoms with Crippen molar-refractivity contribution in [3.05, 3.63) is 48.6 Å². The number of carbonyl (C=O) groups is 2. The Morgan fingerprint density at radius 1 is 1.25 bits per heavy atom. The van der Waals surface area contributed by atoms with E-state index in [1.54, 1.807) is 42.5 Å². The number of carbonyl (C=O) groups excluding carboxylic acids is 2. The van der Waals surface area contributed by atoms with Crippen LogP contribution in [0.3, 0.4) is 0 Å². The van der Waals surface area contributed by atoms with E-state index in [1.165, 1.54) is 6.08 Å². The average molecular weight is 435 g/mol. The molecule has 1 aliphatic carbocycles. The summed E-state index contributed by atoms with van der Waals surface area (Å²) in [7, 11) is 0. The van der Waals surface area contributed by atoms with Gasteiger partial charge in [-0.25, -0.2) is 0 Å². The molecule has 1 aromatic carbocycles. The molecule has 0 heterocycles. The van der Waals surface area contributed by atoms with Crippen molar-refractivity contribution in [3.63, 3.8) is 0 Å². The van der Waals surface area contributed by atoms with Gasteiger partial charge < -0.3 is 15.8 Å². The monoisotopic (exact) mass is 434 g/mol. The number of thioether (sulfide) groups is 1. The van der Waals surface area contributed by atoms with Crippen molar-refractivity contribution in [1.29, 1.82) is 0 Å². The van der Waals surface area contributed by atoms with Crippen LogP contribution in [0.5, 0.6) is 0 Å². The number of ether oxygens (including phenoxy) is 1. The fourth-order valence-corrected chi connectivity index (χ4v) is 3.87. The highest BCUT2D eigenvalue weighted by Gasteiger charge is 2.61. The second-order valence-electron chi connectivity index (χ2n) is 6.19. The Labute approximate surface area is 169 Å². The van der Waals surface area contributed by atoms with E-state index in [9.17, 15) is 22.8 Å². The van der Waals surface area contributed by atoms with Crippen LogP contribution in [0.2, 0.25) is 0 Å². The van der Waals surface area contributed by atoms with Crippen LogP contribution >= 0.6 is 23.4 Å². The van der Waals surface area contributed by atoms with Crippen molar-refractivity contribution < 1.29 is 27.5 Å². The summed E-state index contributed by atoms with van der Waals surface area (Å²) in [6.07, 6.45) is 1.06. The molecule has 0 aromatic heterocycles. The number of halogens is 4. The van der Waals surface area contributed by atoms with E-state index in [2.05, 4.69) is 10.1 Å². The highest BCUT2D eigenvalue weighted by Crippen LogP contribution is 2.43. The van der Waals surface area contributed by atoms with Crippen molar-refractivity contribution in [2.45, 2.75) is 40.8 Å². The van der Waals surface area contributed by atoms with Gasteiger partial charge in [-0.2, -0.15) is 13.2 Å². The van der Waals surface area contributed by atoms with E-state index < -0.39 is 33.9 Å². The number of alkyl halides is 4. The fraction of sp³-hybridized carbons (Fsp3) is 0.333. The standard InChI is InChI=1S/C18H18ClF3N2O3S/c1-11(25)27-16(2,18(20,21)22)15(26)24-14-5-3-4-10-17(14,19)28-13-8-6-12(23)7-9-13/h3-10,14H,23H2,1-2H3,(H,24,26)/t14?,16-,17?/m1/s1. The zero-order valence-corrected chi connectivity index (χ0v) is 16.5. The number of nitrogens with two attached hydrogens (primary N) is 1. The molecule has 2 unspecified atom stereocenters. The molecule has 152 valence electrons. The summed E-state index contributed by atoms with van der Waals surface area (Å²) < 4.78 is 43.3. The molecule has 1 amide bonds. The molecular weight excluding hydrogens is 417 g/mol. The van der Waals surface area contributed by atoms with Crippen molar-refractivity contribution in [3.8, 4) is 0 Å². The van der Waals surface area contributed by atoms with Gasteiger partial charge in [0, 0.05) is 17.5 Å². The first-order valence-corrected chi connectivity index (χ1v) is 9.23. The van der Waals surface area contributed by atoms with Gasteiger partial charge in [-0.1, -0.05) is 47.7 Å². The number of benzene rings is 1. The van der Waals surface area contributed by atoms with Crippen LogP contribution in [0.15, 0.2) is 53.5 Å². The Hall–Kier alpha value is -2.13. The minimum Gasteiger partial charge on any atom is -0.440 e. The van der Waals surface area contributed by atoms with Gasteiger partial charge in [-0.3, -0.25) is 9.59 Å². The molecule has 0 bridgehead atoms. The topological polar surface area (TPSA) is 81.4 Å². The maximum atomic E-state index is 13.4. The molecule has 0 radical (unpaired) electrons. The maximum Gasteiger partial charge on any atom is 0.437 e.